The Morgan fingerprint density at radius 2 is 1.49 bits per heavy atom. The highest BCUT2D eigenvalue weighted by molar-refractivity contribution is 6.51. The van der Waals surface area contributed by atoms with Crippen molar-refractivity contribution in [1.29, 1.82) is 0 Å². The van der Waals surface area contributed by atoms with Gasteiger partial charge in [-0.15, -0.1) is 0 Å². The van der Waals surface area contributed by atoms with Gasteiger partial charge in [0.1, 0.15) is 17.3 Å². The summed E-state index contributed by atoms with van der Waals surface area (Å²) in [6.45, 7) is 2.06. The van der Waals surface area contributed by atoms with Gasteiger partial charge in [0.15, 0.2) is 0 Å². The van der Waals surface area contributed by atoms with E-state index in [1.807, 2.05) is 60.7 Å². The first-order valence-electron chi connectivity index (χ1n) is 12.1. The number of amides is 1. The maximum absolute atomic E-state index is 13.5. The van der Waals surface area contributed by atoms with Crippen LogP contribution in [0.5, 0.6) is 11.5 Å². The molecule has 0 bridgehead atoms. The van der Waals surface area contributed by atoms with E-state index in [2.05, 4.69) is 6.92 Å². The molecule has 1 atom stereocenters. The Hall–Kier alpha value is -4.58. The SMILES string of the molecule is CCc1ccc(C2/C(=C(/O)c3ccc4ccccc4c3)C(=O)C(=O)N2c2cc(OC)cc(OC)c2)cc1. The lowest BCUT2D eigenvalue weighted by atomic mass is 9.93. The number of aliphatic hydroxyl groups is 1. The second-order valence-corrected chi connectivity index (χ2v) is 8.90. The van der Waals surface area contributed by atoms with E-state index in [1.165, 1.54) is 19.1 Å². The maximum Gasteiger partial charge on any atom is 0.300 e. The Balaban J connectivity index is 1.73. The summed E-state index contributed by atoms with van der Waals surface area (Å²) in [4.78, 5) is 28.4. The number of fused-ring (bicyclic) bond motifs is 1. The number of benzene rings is 4. The van der Waals surface area contributed by atoms with Crippen LogP contribution in [0.25, 0.3) is 16.5 Å². The fourth-order valence-electron chi connectivity index (χ4n) is 4.77. The van der Waals surface area contributed by atoms with Gasteiger partial charge in [0, 0.05) is 23.8 Å². The number of carbonyl (C=O) groups excluding carboxylic acids is 2. The molecule has 5 rings (SSSR count). The minimum absolute atomic E-state index is 0.0336. The van der Waals surface area contributed by atoms with Gasteiger partial charge in [0.2, 0.25) is 0 Å². The van der Waals surface area contributed by atoms with Gasteiger partial charge in [-0.25, -0.2) is 0 Å². The Labute approximate surface area is 215 Å². The number of rotatable bonds is 6. The van der Waals surface area contributed by atoms with E-state index in [-0.39, 0.29) is 11.3 Å². The van der Waals surface area contributed by atoms with Crippen molar-refractivity contribution in [1.82, 2.24) is 0 Å². The van der Waals surface area contributed by atoms with Crippen molar-refractivity contribution in [2.75, 3.05) is 19.1 Å². The predicted molar refractivity (Wildman–Crippen MR) is 144 cm³/mol. The second-order valence-electron chi connectivity index (χ2n) is 8.90. The van der Waals surface area contributed by atoms with Crippen molar-refractivity contribution in [3.8, 4) is 11.5 Å². The van der Waals surface area contributed by atoms with Crippen LogP contribution in [0.2, 0.25) is 0 Å². The molecule has 4 aromatic carbocycles. The molecule has 1 amide bonds. The van der Waals surface area contributed by atoms with Crippen LogP contribution in [0.3, 0.4) is 0 Å². The molecule has 186 valence electrons. The number of nitrogens with zero attached hydrogens (tertiary/aromatic N) is 1. The molecule has 1 aliphatic rings. The molecule has 0 radical (unpaired) electrons. The van der Waals surface area contributed by atoms with Gasteiger partial charge in [-0.3, -0.25) is 14.5 Å². The average Bonchev–Trinajstić information content (AvgIpc) is 3.21. The first-order valence-corrected chi connectivity index (χ1v) is 12.1. The molecule has 37 heavy (non-hydrogen) atoms. The zero-order valence-electron chi connectivity index (χ0n) is 20.9. The molecule has 6 nitrogen and oxygen atoms in total. The summed E-state index contributed by atoms with van der Waals surface area (Å²) in [5.74, 6) is -0.748. The molecular weight excluding hydrogens is 466 g/mol. The normalized spacial score (nSPS) is 16.8. The molecule has 1 fully saturated rings. The Bertz CT molecular complexity index is 1520. The third-order valence-electron chi connectivity index (χ3n) is 6.79. The number of carbonyl (C=O) groups is 2. The van der Waals surface area contributed by atoms with Gasteiger partial charge in [-0.1, -0.05) is 67.6 Å². The van der Waals surface area contributed by atoms with E-state index in [1.54, 1.807) is 24.3 Å². The minimum Gasteiger partial charge on any atom is -0.507 e. The number of ether oxygens (including phenoxy) is 2. The van der Waals surface area contributed by atoms with Crippen LogP contribution >= 0.6 is 0 Å². The molecule has 1 heterocycles. The van der Waals surface area contributed by atoms with Gasteiger partial charge >= 0.3 is 0 Å². The molecule has 1 aliphatic heterocycles. The number of hydrogen-bond acceptors (Lipinski definition) is 5. The number of ketones is 1. The molecule has 1 N–H and O–H groups in total. The van der Waals surface area contributed by atoms with Gasteiger partial charge in [0.25, 0.3) is 11.7 Å². The van der Waals surface area contributed by atoms with E-state index in [9.17, 15) is 14.7 Å². The monoisotopic (exact) mass is 493 g/mol. The van der Waals surface area contributed by atoms with Gasteiger partial charge in [-0.05, 0) is 34.4 Å². The summed E-state index contributed by atoms with van der Waals surface area (Å²) in [5.41, 5.74) is 2.76. The Morgan fingerprint density at radius 3 is 2.11 bits per heavy atom. The summed E-state index contributed by atoms with van der Waals surface area (Å²) < 4.78 is 10.8. The van der Waals surface area contributed by atoms with Crippen molar-refractivity contribution in [3.63, 3.8) is 0 Å². The predicted octanol–water partition coefficient (Wildman–Crippen LogP) is 6.05. The maximum atomic E-state index is 13.5. The highest BCUT2D eigenvalue weighted by Crippen LogP contribution is 2.44. The molecule has 1 saturated heterocycles. The van der Waals surface area contributed by atoms with E-state index in [0.29, 0.717) is 28.3 Å². The number of methoxy groups -OCH3 is 2. The lowest BCUT2D eigenvalue weighted by molar-refractivity contribution is -0.132. The molecule has 4 aromatic rings. The van der Waals surface area contributed by atoms with E-state index >= 15 is 0 Å². The van der Waals surface area contributed by atoms with Gasteiger partial charge in [0.05, 0.1) is 31.5 Å². The highest BCUT2D eigenvalue weighted by atomic mass is 16.5. The summed E-state index contributed by atoms with van der Waals surface area (Å²) >= 11 is 0. The first kappa shape index (κ1) is 24.1. The van der Waals surface area contributed by atoms with Crippen molar-refractivity contribution >= 4 is 33.9 Å². The van der Waals surface area contributed by atoms with Crippen LogP contribution in [-0.4, -0.2) is 31.0 Å². The van der Waals surface area contributed by atoms with E-state index in [4.69, 9.17) is 9.47 Å². The fourth-order valence-corrected chi connectivity index (χ4v) is 4.77. The minimum atomic E-state index is -0.839. The van der Waals surface area contributed by atoms with Gasteiger partial charge < -0.3 is 14.6 Å². The zero-order valence-corrected chi connectivity index (χ0v) is 20.9. The molecule has 0 aromatic heterocycles. The van der Waals surface area contributed by atoms with Crippen LogP contribution < -0.4 is 14.4 Å². The van der Waals surface area contributed by atoms with Gasteiger partial charge in [-0.2, -0.15) is 0 Å². The fraction of sp³-hybridized carbons (Fsp3) is 0.161. The van der Waals surface area contributed by atoms with E-state index < -0.39 is 17.7 Å². The molecule has 0 saturated carbocycles. The number of Topliss-reactive ketones (excluding diaryl/α,β-unsaturated/α-hetero) is 1. The quantitative estimate of drug-likeness (QED) is 0.201. The molecule has 6 heteroatoms. The van der Waals surface area contributed by atoms with Crippen LogP contribution in [-0.2, 0) is 16.0 Å². The largest absolute Gasteiger partial charge is 0.507 e. The summed E-state index contributed by atoms with van der Waals surface area (Å²) in [5, 5.41) is 13.4. The number of aliphatic hydroxyl groups excluding tert-OH is 1. The van der Waals surface area contributed by atoms with Crippen LogP contribution in [0.15, 0.2) is 90.5 Å². The first-order chi connectivity index (χ1) is 17.9. The highest BCUT2D eigenvalue weighted by Gasteiger charge is 2.47. The van der Waals surface area contributed by atoms with Crippen molar-refractivity contribution in [2.45, 2.75) is 19.4 Å². The molecule has 1 unspecified atom stereocenters. The molecule has 0 spiro atoms. The zero-order chi connectivity index (χ0) is 26.1. The van der Waals surface area contributed by atoms with Crippen molar-refractivity contribution < 1.29 is 24.2 Å². The van der Waals surface area contributed by atoms with Crippen molar-refractivity contribution in [3.05, 3.63) is 107 Å². The standard InChI is InChI=1S/C31H27NO5/c1-4-19-9-11-21(12-10-19)28-27(29(33)23-14-13-20-7-5-6-8-22(20)15-23)30(34)31(35)32(28)24-16-25(36-2)18-26(17-24)37-3/h5-18,28,33H,4H2,1-3H3/b29-27-. The third kappa shape index (κ3) is 4.31. The average molecular weight is 494 g/mol. The number of aryl methyl sites for hydroxylation is 1. The summed E-state index contributed by atoms with van der Waals surface area (Å²) in [6, 6.07) is 25.2. The van der Waals surface area contributed by atoms with Crippen LogP contribution in [0, 0.1) is 0 Å². The lowest BCUT2D eigenvalue weighted by Crippen LogP contribution is -2.29. The lowest BCUT2D eigenvalue weighted by Gasteiger charge is -2.26. The number of hydrogen-bond donors (Lipinski definition) is 1. The number of anilines is 1. The second kappa shape index (κ2) is 9.82. The Morgan fingerprint density at radius 1 is 0.838 bits per heavy atom. The van der Waals surface area contributed by atoms with Crippen molar-refractivity contribution in [2.24, 2.45) is 0 Å². The van der Waals surface area contributed by atoms with Crippen LogP contribution in [0.4, 0.5) is 5.69 Å². The summed E-state index contributed by atoms with van der Waals surface area (Å²) in [7, 11) is 3.04. The third-order valence-corrected chi connectivity index (χ3v) is 6.79. The summed E-state index contributed by atoms with van der Waals surface area (Å²) in [6.07, 6.45) is 0.852. The molecule has 0 aliphatic carbocycles. The smallest absolute Gasteiger partial charge is 0.300 e. The van der Waals surface area contributed by atoms with Crippen LogP contribution in [0.1, 0.15) is 29.7 Å². The molecular formula is C31H27NO5. The Kier molecular flexibility index (Phi) is 6.40. The van der Waals surface area contributed by atoms with E-state index in [0.717, 1.165) is 22.8 Å². The topological polar surface area (TPSA) is 76.1 Å².